The van der Waals surface area contributed by atoms with Gasteiger partial charge in [-0.05, 0) is 18.6 Å². The molecule has 66 valence electrons. The van der Waals surface area contributed by atoms with Gasteiger partial charge in [-0.2, -0.15) is 0 Å². The van der Waals surface area contributed by atoms with E-state index in [0.717, 1.165) is 5.56 Å². The molecule has 3 heteroatoms. The van der Waals surface area contributed by atoms with Crippen LogP contribution in [0.4, 0.5) is 0 Å². The minimum Gasteiger partial charge on any atom is -0.508 e. The molecule has 1 unspecified atom stereocenters. The summed E-state index contributed by atoms with van der Waals surface area (Å²) in [6.45, 7) is 1.40. The second-order valence-electron chi connectivity index (χ2n) is 2.71. The van der Waals surface area contributed by atoms with E-state index >= 15 is 0 Å². The summed E-state index contributed by atoms with van der Waals surface area (Å²) < 4.78 is 0. The predicted octanol–water partition coefficient (Wildman–Crippen LogP) is 0.726. The molecule has 3 N–H and O–H groups in total. The number of phenolic OH excluding ortho intramolecular Hbond substituents is 1. The van der Waals surface area contributed by atoms with Crippen LogP contribution in [0, 0.1) is 6.92 Å². The van der Waals surface area contributed by atoms with Gasteiger partial charge in [0.25, 0.3) is 0 Å². The zero-order chi connectivity index (χ0) is 9.14. The van der Waals surface area contributed by atoms with Crippen LogP contribution in [0.2, 0.25) is 0 Å². The summed E-state index contributed by atoms with van der Waals surface area (Å²) in [6.07, 6.45) is -0.994. The van der Waals surface area contributed by atoms with Gasteiger partial charge < -0.3 is 15.3 Å². The molecule has 0 saturated carbocycles. The van der Waals surface area contributed by atoms with Crippen molar-refractivity contribution in [3.05, 3.63) is 29.3 Å². The molecule has 0 fully saturated rings. The lowest BCUT2D eigenvalue weighted by atomic mass is 10.0. The quantitative estimate of drug-likeness (QED) is 0.610. The lowest BCUT2D eigenvalue weighted by Crippen LogP contribution is -2.04. The molecule has 1 atom stereocenters. The van der Waals surface area contributed by atoms with Crippen molar-refractivity contribution in [2.24, 2.45) is 0 Å². The van der Waals surface area contributed by atoms with Crippen LogP contribution in [0.25, 0.3) is 0 Å². The van der Waals surface area contributed by atoms with Gasteiger partial charge in [0, 0.05) is 5.56 Å². The number of aliphatic hydroxyl groups is 2. The summed E-state index contributed by atoms with van der Waals surface area (Å²) in [5.41, 5.74) is 1.18. The van der Waals surface area contributed by atoms with E-state index in [9.17, 15) is 10.2 Å². The van der Waals surface area contributed by atoms with E-state index in [1.54, 1.807) is 19.1 Å². The highest BCUT2D eigenvalue weighted by molar-refractivity contribution is 5.40. The van der Waals surface area contributed by atoms with E-state index in [-0.39, 0.29) is 12.4 Å². The third-order valence-corrected chi connectivity index (χ3v) is 1.81. The number of aliphatic hydroxyl groups excluding tert-OH is 2. The van der Waals surface area contributed by atoms with Crippen molar-refractivity contribution in [3.8, 4) is 5.75 Å². The fourth-order valence-corrected chi connectivity index (χ4v) is 1.19. The van der Waals surface area contributed by atoms with E-state index in [1.165, 1.54) is 6.07 Å². The summed E-state index contributed by atoms with van der Waals surface area (Å²) in [4.78, 5) is 0. The maximum Gasteiger partial charge on any atom is 0.121 e. The molecule has 0 aromatic heterocycles. The summed E-state index contributed by atoms with van der Waals surface area (Å²) in [7, 11) is 0. The van der Waals surface area contributed by atoms with E-state index in [1.807, 2.05) is 0 Å². The molecule has 1 rings (SSSR count). The lowest BCUT2D eigenvalue weighted by molar-refractivity contribution is 0.0929. The highest BCUT2D eigenvalue weighted by atomic mass is 16.3. The first-order chi connectivity index (χ1) is 5.66. The molecule has 0 bridgehead atoms. The number of rotatable bonds is 2. The van der Waals surface area contributed by atoms with Gasteiger partial charge in [0.05, 0.1) is 6.61 Å². The lowest BCUT2D eigenvalue weighted by Gasteiger charge is -2.12. The Morgan fingerprint density at radius 2 is 2.08 bits per heavy atom. The number of benzene rings is 1. The number of aryl methyl sites for hydroxylation is 1. The number of hydrogen-bond acceptors (Lipinski definition) is 3. The first-order valence-electron chi connectivity index (χ1n) is 3.74. The van der Waals surface area contributed by atoms with Crippen LogP contribution >= 0.6 is 0 Å². The van der Waals surface area contributed by atoms with Gasteiger partial charge in [0.15, 0.2) is 0 Å². The van der Waals surface area contributed by atoms with Gasteiger partial charge >= 0.3 is 0 Å². The first kappa shape index (κ1) is 9.03. The van der Waals surface area contributed by atoms with Gasteiger partial charge in [-0.1, -0.05) is 12.1 Å². The Morgan fingerprint density at radius 3 is 2.58 bits per heavy atom. The Bertz CT molecular complexity index is 250. The van der Waals surface area contributed by atoms with Gasteiger partial charge in [0.1, 0.15) is 11.9 Å². The molecule has 0 radical (unpaired) electrons. The molecule has 0 aliphatic carbocycles. The topological polar surface area (TPSA) is 60.7 Å². The summed E-state index contributed by atoms with van der Waals surface area (Å²) in [5.74, 6) is 0.0246. The largest absolute Gasteiger partial charge is 0.508 e. The smallest absolute Gasteiger partial charge is 0.121 e. The molecule has 0 aliphatic rings. The third-order valence-electron chi connectivity index (χ3n) is 1.81. The molecular weight excluding hydrogens is 156 g/mol. The van der Waals surface area contributed by atoms with Crippen LogP contribution in [0.1, 0.15) is 17.2 Å². The van der Waals surface area contributed by atoms with Crippen LogP contribution in [0.3, 0.4) is 0 Å². The van der Waals surface area contributed by atoms with Crippen LogP contribution in [-0.4, -0.2) is 21.9 Å². The molecular formula is C9H12O3. The Balaban J connectivity index is 3.12. The van der Waals surface area contributed by atoms with Gasteiger partial charge in [0.2, 0.25) is 0 Å². The molecule has 0 saturated heterocycles. The first-order valence-corrected chi connectivity index (χ1v) is 3.74. The normalized spacial score (nSPS) is 12.9. The second kappa shape index (κ2) is 3.56. The van der Waals surface area contributed by atoms with E-state index in [0.29, 0.717) is 5.56 Å². The van der Waals surface area contributed by atoms with Gasteiger partial charge in [-0.25, -0.2) is 0 Å². The minimum absolute atomic E-state index is 0.0246. The fraction of sp³-hybridized carbons (Fsp3) is 0.333. The number of aromatic hydroxyl groups is 1. The maximum atomic E-state index is 9.32. The Morgan fingerprint density at radius 1 is 1.42 bits per heavy atom. The highest BCUT2D eigenvalue weighted by Gasteiger charge is 2.12. The molecule has 0 aliphatic heterocycles. The van der Waals surface area contributed by atoms with Crippen molar-refractivity contribution in [2.75, 3.05) is 6.61 Å². The van der Waals surface area contributed by atoms with E-state index in [4.69, 9.17) is 5.11 Å². The Hall–Kier alpha value is -1.06. The second-order valence-corrected chi connectivity index (χ2v) is 2.71. The fourth-order valence-electron chi connectivity index (χ4n) is 1.19. The maximum absolute atomic E-state index is 9.32. The number of hydrogen-bond donors (Lipinski definition) is 3. The third kappa shape index (κ3) is 1.57. The standard InChI is InChI=1S/C9H12O3/c1-6-3-2-4-7(11)9(6)8(12)5-10/h2-4,8,10-12H,5H2,1H3. The van der Waals surface area contributed by atoms with Gasteiger partial charge in [-0.3, -0.25) is 0 Å². The molecule has 0 amide bonds. The van der Waals surface area contributed by atoms with Crippen LogP contribution in [0.5, 0.6) is 5.75 Å². The number of phenols is 1. The summed E-state index contributed by atoms with van der Waals surface area (Å²) in [5, 5.41) is 27.3. The van der Waals surface area contributed by atoms with Crippen LogP contribution < -0.4 is 0 Å². The molecule has 3 nitrogen and oxygen atoms in total. The van der Waals surface area contributed by atoms with Gasteiger partial charge in [-0.15, -0.1) is 0 Å². The van der Waals surface area contributed by atoms with Crippen LogP contribution in [0.15, 0.2) is 18.2 Å². The zero-order valence-electron chi connectivity index (χ0n) is 6.86. The summed E-state index contributed by atoms with van der Waals surface area (Å²) >= 11 is 0. The summed E-state index contributed by atoms with van der Waals surface area (Å²) in [6, 6.07) is 4.95. The van der Waals surface area contributed by atoms with E-state index in [2.05, 4.69) is 0 Å². The van der Waals surface area contributed by atoms with Crippen molar-refractivity contribution in [1.29, 1.82) is 0 Å². The molecule has 12 heavy (non-hydrogen) atoms. The molecule has 0 heterocycles. The van der Waals surface area contributed by atoms with Crippen LogP contribution in [-0.2, 0) is 0 Å². The SMILES string of the molecule is Cc1cccc(O)c1C(O)CO. The predicted molar refractivity (Wildman–Crippen MR) is 44.9 cm³/mol. The van der Waals surface area contributed by atoms with E-state index < -0.39 is 6.10 Å². The van der Waals surface area contributed by atoms with Crippen molar-refractivity contribution in [3.63, 3.8) is 0 Å². The molecule has 0 spiro atoms. The van der Waals surface area contributed by atoms with Crippen molar-refractivity contribution >= 4 is 0 Å². The monoisotopic (exact) mass is 168 g/mol. The Kier molecular flexibility index (Phi) is 2.68. The highest BCUT2D eigenvalue weighted by Crippen LogP contribution is 2.26. The zero-order valence-corrected chi connectivity index (χ0v) is 6.86. The Labute approximate surface area is 70.9 Å². The molecule has 1 aromatic rings. The average molecular weight is 168 g/mol. The van der Waals surface area contributed by atoms with Crippen molar-refractivity contribution in [1.82, 2.24) is 0 Å². The van der Waals surface area contributed by atoms with Crippen molar-refractivity contribution in [2.45, 2.75) is 13.0 Å². The average Bonchev–Trinajstić information content (AvgIpc) is 2.03. The molecule has 1 aromatic carbocycles. The minimum atomic E-state index is -0.994. The van der Waals surface area contributed by atoms with Crippen molar-refractivity contribution < 1.29 is 15.3 Å².